The molecular formula is C23H15NO7. The van der Waals surface area contributed by atoms with E-state index >= 15 is 0 Å². The molecule has 0 fully saturated rings. The van der Waals surface area contributed by atoms with Crippen LogP contribution in [0.5, 0.6) is 17.2 Å². The van der Waals surface area contributed by atoms with Crippen molar-refractivity contribution in [2.45, 2.75) is 0 Å². The van der Waals surface area contributed by atoms with Gasteiger partial charge in [-0.1, -0.05) is 6.07 Å². The Labute approximate surface area is 176 Å². The number of nitro benzene ring substituents is 1. The number of non-ortho nitro benzene ring substituents is 1. The summed E-state index contributed by atoms with van der Waals surface area (Å²) in [6, 6.07) is 16.8. The van der Waals surface area contributed by atoms with Crippen molar-refractivity contribution in [3.8, 4) is 17.2 Å². The van der Waals surface area contributed by atoms with Gasteiger partial charge in [0, 0.05) is 18.2 Å². The van der Waals surface area contributed by atoms with E-state index in [-0.39, 0.29) is 28.7 Å². The number of ketones is 1. The van der Waals surface area contributed by atoms with Crippen molar-refractivity contribution in [2.75, 3.05) is 7.11 Å². The predicted molar refractivity (Wildman–Crippen MR) is 110 cm³/mol. The second-order valence-electron chi connectivity index (χ2n) is 6.57. The lowest BCUT2D eigenvalue weighted by Crippen LogP contribution is -2.08. The smallest absolute Gasteiger partial charge is 0.343 e. The van der Waals surface area contributed by atoms with Crippen LogP contribution in [0.25, 0.3) is 6.08 Å². The van der Waals surface area contributed by atoms with Crippen LogP contribution in [-0.4, -0.2) is 23.8 Å². The molecule has 0 bridgehead atoms. The Bertz CT molecular complexity index is 1230. The molecule has 3 aromatic rings. The van der Waals surface area contributed by atoms with Crippen molar-refractivity contribution in [3.63, 3.8) is 0 Å². The molecule has 0 amide bonds. The van der Waals surface area contributed by atoms with Crippen LogP contribution < -0.4 is 14.2 Å². The first-order valence-electron chi connectivity index (χ1n) is 9.13. The van der Waals surface area contributed by atoms with Crippen molar-refractivity contribution in [1.82, 2.24) is 0 Å². The normalized spacial score (nSPS) is 13.5. The Hall–Kier alpha value is -4.46. The van der Waals surface area contributed by atoms with Gasteiger partial charge in [0.15, 0.2) is 5.76 Å². The van der Waals surface area contributed by atoms with Gasteiger partial charge in [-0.15, -0.1) is 0 Å². The third-order valence-corrected chi connectivity index (χ3v) is 4.56. The van der Waals surface area contributed by atoms with Crippen molar-refractivity contribution >= 4 is 23.5 Å². The number of nitrogens with zero attached hydrogens (tertiary/aromatic N) is 1. The van der Waals surface area contributed by atoms with Crippen molar-refractivity contribution in [1.29, 1.82) is 0 Å². The van der Waals surface area contributed by atoms with Gasteiger partial charge in [0.1, 0.15) is 17.2 Å². The van der Waals surface area contributed by atoms with Crippen LogP contribution in [0.3, 0.4) is 0 Å². The summed E-state index contributed by atoms with van der Waals surface area (Å²) >= 11 is 0. The van der Waals surface area contributed by atoms with Crippen LogP contribution in [-0.2, 0) is 0 Å². The number of Topliss-reactive ketones (excluding diaryl/α,β-unsaturated/α-hetero) is 1. The monoisotopic (exact) mass is 417 g/mol. The molecule has 0 unspecified atom stereocenters. The molecule has 1 aliphatic rings. The SMILES string of the molecule is COc1cccc(C(=O)Oc2ccc3c(c2)O/C(=C\c2ccc([N+](=O)[O-])cc2)C3=O)c1. The van der Waals surface area contributed by atoms with Gasteiger partial charge >= 0.3 is 5.97 Å². The summed E-state index contributed by atoms with van der Waals surface area (Å²) < 4.78 is 16.1. The van der Waals surface area contributed by atoms with Crippen LogP contribution >= 0.6 is 0 Å². The lowest BCUT2D eigenvalue weighted by molar-refractivity contribution is -0.384. The van der Waals surface area contributed by atoms with E-state index < -0.39 is 10.9 Å². The predicted octanol–water partition coefficient (Wildman–Crippen LogP) is 4.44. The molecule has 31 heavy (non-hydrogen) atoms. The first-order chi connectivity index (χ1) is 14.9. The highest BCUT2D eigenvalue weighted by Gasteiger charge is 2.28. The fourth-order valence-corrected chi connectivity index (χ4v) is 2.99. The maximum absolute atomic E-state index is 12.6. The van der Waals surface area contributed by atoms with E-state index in [0.29, 0.717) is 22.4 Å². The number of fused-ring (bicyclic) bond motifs is 1. The van der Waals surface area contributed by atoms with E-state index in [1.807, 2.05) is 0 Å². The molecule has 1 aliphatic heterocycles. The Morgan fingerprint density at radius 2 is 1.81 bits per heavy atom. The molecule has 0 saturated carbocycles. The number of ether oxygens (including phenoxy) is 3. The third-order valence-electron chi connectivity index (χ3n) is 4.56. The Morgan fingerprint density at radius 1 is 1.03 bits per heavy atom. The second kappa shape index (κ2) is 8.11. The topological polar surface area (TPSA) is 105 Å². The molecule has 0 N–H and O–H groups in total. The van der Waals surface area contributed by atoms with Gasteiger partial charge in [0.25, 0.3) is 5.69 Å². The number of nitro groups is 1. The first kappa shape index (κ1) is 19.8. The number of benzene rings is 3. The lowest BCUT2D eigenvalue weighted by Gasteiger charge is -2.07. The minimum absolute atomic E-state index is 0.0494. The zero-order chi connectivity index (χ0) is 22.0. The summed E-state index contributed by atoms with van der Waals surface area (Å²) in [5, 5.41) is 10.8. The summed E-state index contributed by atoms with van der Waals surface area (Å²) in [5.74, 6) is 0.160. The van der Waals surface area contributed by atoms with Crippen molar-refractivity contribution in [3.05, 3.63) is 99.3 Å². The molecule has 0 radical (unpaired) electrons. The highest BCUT2D eigenvalue weighted by Crippen LogP contribution is 2.35. The van der Waals surface area contributed by atoms with Gasteiger partial charge in [-0.25, -0.2) is 4.79 Å². The van der Waals surface area contributed by atoms with E-state index in [1.54, 1.807) is 24.3 Å². The standard InChI is InChI=1S/C23H15NO7/c1-29-17-4-2-3-15(12-17)23(26)30-18-9-10-19-20(13-18)31-21(22(19)25)11-14-5-7-16(8-6-14)24(27)28/h2-13H,1H3/b21-11-. The highest BCUT2D eigenvalue weighted by molar-refractivity contribution is 6.14. The lowest BCUT2D eigenvalue weighted by atomic mass is 10.1. The van der Waals surface area contributed by atoms with Gasteiger partial charge in [-0.3, -0.25) is 14.9 Å². The molecule has 3 aromatic carbocycles. The molecular weight excluding hydrogens is 402 g/mol. The van der Waals surface area contributed by atoms with E-state index in [2.05, 4.69) is 0 Å². The van der Waals surface area contributed by atoms with E-state index in [9.17, 15) is 19.7 Å². The van der Waals surface area contributed by atoms with Gasteiger partial charge < -0.3 is 14.2 Å². The maximum Gasteiger partial charge on any atom is 0.343 e. The van der Waals surface area contributed by atoms with Gasteiger partial charge in [0.2, 0.25) is 5.78 Å². The average molecular weight is 417 g/mol. The van der Waals surface area contributed by atoms with Crippen LogP contribution in [0.2, 0.25) is 0 Å². The second-order valence-corrected chi connectivity index (χ2v) is 6.57. The quantitative estimate of drug-likeness (QED) is 0.199. The van der Waals surface area contributed by atoms with Gasteiger partial charge in [0.05, 0.1) is 23.2 Å². The largest absolute Gasteiger partial charge is 0.497 e. The summed E-state index contributed by atoms with van der Waals surface area (Å²) in [6.45, 7) is 0. The van der Waals surface area contributed by atoms with Crippen LogP contribution in [0, 0.1) is 10.1 Å². The van der Waals surface area contributed by atoms with Crippen LogP contribution in [0.1, 0.15) is 26.3 Å². The minimum atomic E-state index is -0.579. The Morgan fingerprint density at radius 3 is 2.52 bits per heavy atom. The van der Waals surface area contributed by atoms with Gasteiger partial charge in [-0.05, 0) is 54.1 Å². The molecule has 1 heterocycles. The molecule has 0 aliphatic carbocycles. The zero-order valence-corrected chi connectivity index (χ0v) is 16.2. The molecule has 0 saturated heterocycles. The fourth-order valence-electron chi connectivity index (χ4n) is 2.99. The fraction of sp³-hybridized carbons (Fsp3) is 0.0435. The van der Waals surface area contributed by atoms with Crippen LogP contribution in [0.4, 0.5) is 5.69 Å². The van der Waals surface area contributed by atoms with Crippen molar-refractivity contribution in [2.24, 2.45) is 0 Å². The number of hydrogen-bond acceptors (Lipinski definition) is 7. The number of rotatable bonds is 5. The highest BCUT2D eigenvalue weighted by atomic mass is 16.6. The van der Waals surface area contributed by atoms with E-state index in [4.69, 9.17) is 14.2 Å². The first-order valence-corrected chi connectivity index (χ1v) is 9.13. The zero-order valence-electron chi connectivity index (χ0n) is 16.2. The van der Waals surface area contributed by atoms with E-state index in [0.717, 1.165) is 0 Å². The molecule has 4 rings (SSSR count). The number of hydrogen-bond donors (Lipinski definition) is 0. The van der Waals surface area contributed by atoms with Gasteiger partial charge in [-0.2, -0.15) is 0 Å². The third kappa shape index (κ3) is 4.13. The number of carbonyl (C=O) groups excluding carboxylic acids is 2. The summed E-state index contributed by atoms with van der Waals surface area (Å²) in [6.07, 6.45) is 1.49. The van der Waals surface area contributed by atoms with E-state index in [1.165, 1.54) is 55.7 Å². The molecule has 8 heteroatoms. The Kier molecular flexibility index (Phi) is 5.19. The minimum Gasteiger partial charge on any atom is -0.497 e. The molecule has 0 aromatic heterocycles. The molecule has 0 spiro atoms. The molecule has 8 nitrogen and oxygen atoms in total. The Balaban J connectivity index is 1.52. The number of allylic oxidation sites excluding steroid dienone is 1. The number of carbonyl (C=O) groups is 2. The molecule has 154 valence electrons. The van der Waals surface area contributed by atoms with Crippen LogP contribution in [0.15, 0.2) is 72.5 Å². The number of methoxy groups -OCH3 is 1. The van der Waals surface area contributed by atoms with Crippen molar-refractivity contribution < 1.29 is 28.7 Å². The maximum atomic E-state index is 12.6. The molecule has 0 atom stereocenters. The number of esters is 1. The summed E-state index contributed by atoms with van der Waals surface area (Å²) in [4.78, 5) is 35.2. The summed E-state index contributed by atoms with van der Waals surface area (Å²) in [7, 11) is 1.50. The average Bonchev–Trinajstić information content (AvgIpc) is 3.08. The summed E-state index contributed by atoms with van der Waals surface area (Å²) in [5.41, 5.74) is 1.17.